The number of hydrogen-bond donors (Lipinski definition) is 0. The normalized spacial score (nSPS) is 46.7. The van der Waals surface area contributed by atoms with Crippen LogP contribution < -0.4 is 0 Å². The van der Waals surface area contributed by atoms with Gasteiger partial charge in [-0.15, -0.1) is 0 Å². The SMILES string of the molecule is O=S1(=O)CCC(CCN2CCN(C3C4CC5CC(C4)CC3C5)CC2)C1. The minimum Gasteiger partial charge on any atom is -0.301 e. The Morgan fingerprint density at radius 2 is 1.48 bits per heavy atom. The smallest absolute Gasteiger partial charge is 0.150 e. The van der Waals surface area contributed by atoms with E-state index < -0.39 is 9.84 Å². The largest absolute Gasteiger partial charge is 0.301 e. The van der Waals surface area contributed by atoms with Crippen molar-refractivity contribution < 1.29 is 8.42 Å². The predicted octanol–water partition coefficient (Wildman–Crippen LogP) is 2.25. The van der Waals surface area contributed by atoms with Crippen LogP contribution in [0.3, 0.4) is 0 Å². The van der Waals surface area contributed by atoms with E-state index >= 15 is 0 Å². The molecule has 2 aliphatic heterocycles. The molecule has 0 amide bonds. The van der Waals surface area contributed by atoms with E-state index in [4.69, 9.17) is 0 Å². The summed E-state index contributed by atoms with van der Waals surface area (Å²) in [6.45, 7) is 5.99. The van der Waals surface area contributed by atoms with Gasteiger partial charge in [0.25, 0.3) is 0 Å². The first-order valence-electron chi connectivity index (χ1n) is 10.7. The molecule has 2 heterocycles. The highest BCUT2D eigenvalue weighted by Crippen LogP contribution is 2.55. The fourth-order valence-electron chi connectivity index (χ4n) is 7.24. The van der Waals surface area contributed by atoms with E-state index in [1.54, 1.807) is 6.42 Å². The zero-order valence-corrected chi connectivity index (χ0v) is 16.3. The molecule has 0 spiro atoms. The monoisotopic (exact) mass is 366 g/mol. The van der Waals surface area contributed by atoms with Crippen LogP contribution in [0.15, 0.2) is 0 Å². The zero-order valence-electron chi connectivity index (χ0n) is 15.5. The molecule has 1 atom stereocenters. The van der Waals surface area contributed by atoms with Gasteiger partial charge in [-0.2, -0.15) is 0 Å². The molecule has 0 aromatic carbocycles. The number of hydrogen-bond acceptors (Lipinski definition) is 4. The highest BCUT2D eigenvalue weighted by Gasteiger charge is 2.50. The van der Waals surface area contributed by atoms with Crippen molar-refractivity contribution in [3.8, 4) is 0 Å². The second-order valence-corrected chi connectivity index (χ2v) is 12.1. The average molecular weight is 367 g/mol. The molecular formula is C20H34N2O2S. The number of nitrogens with zero attached hydrogens (tertiary/aromatic N) is 2. The van der Waals surface area contributed by atoms with Crippen LogP contribution in [0, 0.1) is 29.6 Å². The first kappa shape index (κ1) is 17.0. The fraction of sp³-hybridized carbons (Fsp3) is 1.00. The molecule has 4 aliphatic carbocycles. The number of piperazine rings is 1. The number of sulfone groups is 1. The second kappa shape index (κ2) is 6.49. The maximum absolute atomic E-state index is 11.6. The summed E-state index contributed by atoms with van der Waals surface area (Å²) < 4.78 is 23.2. The first-order chi connectivity index (χ1) is 12.1. The quantitative estimate of drug-likeness (QED) is 0.765. The summed E-state index contributed by atoms with van der Waals surface area (Å²) in [6, 6.07) is 0.898. The van der Waals surface area contributed by atoms with Crippen LogP contribution in [-0.2, 0) is 9.84 Å². The van der Waals surface area contributed by atoms with Gasteiger partial charge in [-0.3, -0.25) is 4.90 Å². The Hall–Kier alpha value is -0.130. The molecule has 0 aromatic rings. The molecule has 1 unspecified atom stereocenters. The zero-order chi connectivity index (χ0) is 17.0. The van der Waals surface area contributed by atoms with Crippen LogP contribution in [0.2, 0.25) is 0 Å². The Balaban J connectivity index is 1.11. The van der Waals surface area contributed by atoms with Crippen molar-refractivity contribution in [1.82, 2.24) is 9.80 Å². The third kappa shape index (κ3) is 3.41. The summed E-state index contributed by atoms with van der Waals surface area (Å²) in [6.07, 6.45) is 9.61. The van der Waals surface area contributed by atoms with E-state index in [0.29, 0.717) is 17.4 Å². The minimum absolute atomic E-state index is 0.424. The standard InChI is InChI=1S/C20H34N2O2S/c23-25(24)8-2-15(14-25)1-3-21-4-6-22(7-5-21)20-18-10-16-9-17(12-18)13-19(20)11-16/h15-20H,1-14H2. The topological polar surface area (TPSA) is 40.6 Å². The van der Waals surface area contributed by atoms with E-state index in [1.807, 2.05) is 0 Å². The lowest BCUT2D eigenvalue weighted by Gasteiger charge is -2.58. The molecule has 142 valence electrons. The van der Waals surface area contributed by atoms with Crippen molar-refractivity contribution in [2.45, 2.75) is 51.0 Å². The Morgan fingerprint density at radius 3 is 2.04 bits per heavy atom. The van der Waals surface area contributed by atoms with Gasteiger partial charge in [0.1, 0.15) is 0 Å². The van der Waals surface area contributed by atoms with Crippen LogP contribution in [-0.4, -0.2) is 68.5 Å². The van der Waals surface area contributed by atoms with Gasteiger partial charge in [-0.05, 0) is 81.1 Å². The Labute approximate surface area is 153 Å². The molecule has 4 bridgehead atoms. The molecule has 6 fully saturated rings. The van der Waals surface area contributed by atoms with Crippen molar-refractivity contribution in [2.24, 2.45) is 29.6 Å². The van der Waals surface area contributed by atoms with Gasteiger partial charge < -0.3 is 4.90 Å². The lowest BCUT2D eigenvalue weighted by Crippen LogP contribution is -2.60. The molecule has 4 saturated carbocycles. The van der Waals surface area contributed by atoms with Crippen LogP contribution in [0.5, 0.6) is 0 Å². The molecule has 0 aromatic heterocycles. The third-order valence-corrected chi connectivity index (χ3v) is 10.0. The fourth-order valence-corrected chi connectivity index (χ4v) is 9.15. The van der Waals surface area contributed by atoms with Crippen molar-refractivity contribution in [3.63, 3.8) is 0 Å². The van der Waals surface area contributed by atoms with Crippen molar-refractivity contribution in [1.29, 1.82) is 0 Å². The van der Waals surface area contributed by atoms with Crippen LogP contribution in [0.1, 0.15) is 44.9 Å². The summed E-state index contributed by atoms with van der Waals surface area (Å²) in [4.78, 5) is 5.45. The van der Waals surface area contributed by atoms with Crippen molar-refractivity contribution in [2.75, 3.05) is 44.2 Å². The average Bonchev–Trinajstić information content (AvgIpc) is 2.92. The Morgan fingerprint density at radius 1 is 0.840 bits per heavy atom. The predicted molar refractivity (Wildman–Crippen MR) is 100 cm³/mol. The van der Waals surface area contributed by atoms with E-state index in [1.165, 1.54) is 51.9 Å². The van der Waals surface area contributed by atoms with Gasteiger partial charge in [0.2, 0.25) is 0 Å². The summed E-state index contributed by atoms with van der Waals surface area (Å²) in [5.74, 6) is 5.45. The molecule has 5 heteroatoms. The molecule has 25 heavy (non-hydrogen) atoms. The summed E-state index contributed by atoms with van der Waals surface area (Å²) in [7, 11) is -2.71. The maximum Gasteiger partial charge on any atom is 0.150 e. The molecule has 4 nitrogen and oxygen atoms in total. The lowest BCUT2D eigenvalue weighted by molar-refractivity contribution is -0.0765. The minimum atomic E-state index is -2.71. The summed E-state index contributed by atoms with van der Waals surface area (Å²) in [5, 5.41) is 0. The third-order valence-electron chi connectivity index (χ3n) is 8.19. The molecule has 0 N–H and O–H groups in total. The summed E-state index contributed by atoms with van der Waals surface area (Å²) >= 11 is 0. The Bertz CT molecular complexity index is 569. The first-order valence-corrected chi connectivity index (χ1v) is 12.5. The van der Waals surface area contributed by atoms with Crippen molar-refractivity contribution in [3.05, 3.63) is 0 Å². The maximum atomic E-state index is 11.6. The molecule has 6 rings (SSSR count). The van der Waals surface area contributed by atoms with Gasteiger partial charge in [0.15, 0.2) is 9.84 Å². The van der Waals surface area contributed by atoms with Gasteiger partial charge in [-0.25, -0.2) is 8.42 Å². The van der Waals surface area contributed by atoms with Gasteiger partial charge in [0, 0.05) is 32.2 Å². The van der Waals surface area contributed by atoms with E-state index in [2.05, 4.69) is 9.80 Å². The molecular weight excluding hydrogens is 332 g/mol. The van der Waals surface area contributed by atoms with Crippen LogP contribution in [0.25, 0.3) is 0 Å². The second-order valence-electron chi connectivity index (χ2n) is 9.86. The summed E-state index contributed by atoms with van der Waals surface area (Å²) in [5.41, 5.74) is 0. The van der Waals surface area contributed by atoms with Crippen LogP contribution >= 0.6 is 0 Å². The molecule has 0 radical (unpaired) electrons. The van der Waals surface area contributed by atoms with Crippen LogP contribution in [0.4, 0.5) is 0 Å². The van der Waals surface area contributed by atoms with Gasteiger partial charge >= 0.3 is 0 Å². The Kier molecular flexibility index (Phi) is 4.41. The van der Waals surface area contributed by atoms with E-state index in [-0.39, 0.29) is 0 Å². The van der Waals surface area contributed by atoms with Crippen molar-refractivity contribution >= 4 is 9.84 Å². The number of rotatable bonds is 4. The van der Waals surface area contributed by atoms with E-state index in [0.717, 1.165) is 49.1 Å². The van der Waals surface area contributed by atoms with Gasteiger partial charge in [0.05, 0.1) is 11.5 Å². The highest BCUT2D eigenvalue weighted by atomic mass is 32.2. The molecule has 2 saturated heterocycles. The molecule has 6 aliphatic rings. The van der Waals surface area contributed by atoms with E-state index in [9.17, 15) is 8.42 Å². The lowest BCUT2D eigenvalue weighted by atomic mass is 9.54. The van der Waals surface area contributed by atoms with Gasteiger partial charge in [-0.1, -0.05) is 0 Å². The highest BCUT2D eigenvalue weighted by molar-refractivity contribution is 7.91.